The van der Waals surface area contributed by atoms with Crippen LogP contribution in [0.5, 0.6) is 0 Å². The Balaban J connectivity index is 2.24. The summed E-state index contributed by atoms with van der Waals surface area (Å²) in [7, 11) is 0. The third-order valence-electron chi connectivity index (χ3n) is 2.34. The minimum Gasteiger partial charge on any atom is -0.381 e. The summed E-state index contributed by atoms with van der Waals surface area (Å²) < 4.78 is 5.20. The second-order valence-corrected chi connectivity index (χ2v) is 3.51. The van der Waals surface area contributed by atoms with Gasteiger partial charge >= 0.3 is 0 Å². The lowest BCUT2D eigenvalue weighted by Crippen LogP contribution is -2.30. The number of rotatable bonds is 3. The molecule has 3 nitrogen and oxygen atoms in total. The highest BCUT2D eigenvalue weighted by Gasteiger charge is 2.18. The van der Waals surface area contributed by atoms with E-state index in [0.717, 1.165) is 26.1 Å². The highest BCUT2D eigenvalue weighted by atomic mass is 16.5. The molecular weight excluding hydrogens is 154 g/mol. The molecule has 3 heteroatoms. The van der Waals surface area contributed by atoms with Gasteiger partial charge in [0.15, 0.2) is 0 Å². The number of nitrogens with two attached hydrogens (primary N) is 1. The third-order valence-corrected chi connectivity index (χ3v) is 2.34. The molecule has 70 valence electrons. The summed E-state index contributed by atoms with van der Waals surface area (Å²) in [5.41, 5.74) is 5.47. The molecule has 1 aliphatic heterocycles. The van der Waals surface area contributed by atoms with Gasteiger partial charge in [0.2, 0.25) is 0 Å². The highest BCUT2D eigenvalue weighted by Crippen LogP contribution is 2.18. The van der Waals surface area contributed by atoms with E-state index in [4.69, 9.17) is 10.5 Å². The lowest BCUT2D eigenvalue weighted by molar-refractivity contribution is -0.121. The summed E-state index contributed by atoms with van der Waals surface area (Å²) in [5.74, 6) is 0.694. The van der Waals surface area contributed by atoms with E-state index in [0.29, 0.717) is 12.3 Å². The molecule has 0 saturated carbocycles. The van der Waals surface area contributed by atoms with Crippen molar-refractivity contribution < 1.29 is 9.53 Å². The van der Waals surface area contributed by atoms with Crippen LogP contribution in [0.3, 0.4) is 0 Å². The standard InChI is InChI=1S/C9H17NO2/c1-7(10)9(11)6-8-2-4-12-5-3-8/h7-8H,2-6,10H2,1H3. The monoisotopic (exact) mass is 171 g/mol. The first-order chi connectivity index (χ1) is 5.70. The van der Waals surface area contributed by atoms with E-state index in [9.17, 15) is 4.79 Å². The van der Waals surface area contributed by atoms with Crippen molar-refractivity contribution in [1.82, 2.24) is 0 Å². The lowest BCUT2D eigenvalue weighted by atomic mass is 9.93. The summed E-state index contributed by atoms with van der Waals surface area (Å²) in [4.78, 5) is 11.2. The smallest absolute Gasteiger partial charge is 0.149 e. The van der Waals surface area contributed by atoms with Crippen LogP contribution in [0.2, 0.25) is 0 Å². The van der Waals surface area contributed by atoms with Crippen LogP contribution in [-0.2, 0) is 9.53 Å². The first-order valence-corrected chi connectivity index (χ1v) is 4.56. The van der Waals surface area contributed by atoms with E-state index in [2.05, 4.69) is 0 Å². The Morgan fingerprint density at radius 1 is 1.58 bits per heavy atom. The zero-order valence-electron chi connectivity index (χ0n) is 7.58. The minimum atomic E-state index is -0.298. The molecule has 1 aliphatic rings. The fourth-order valence-electron chi connectivity index (χ4n) is 1.42. The van der Waals surface area contributed by atoms with Crippen LogP contribution < -0.4 is 5.73 Å². The summed E-state index contributed by atoms with van der Waals surface area (Å²) in [5, 5.41) is 0. The summed E-state index contributed by atoms with van der Waals surface area (Å²) in [6, 6.07) is -0.298. The van der Waals surface area contributed by atoms with Crippen LogP contribution in [0.15, 0.2) is 0 Å². The van der Waals surface area contributed by atoms with E-state index in [1.807, 2.05) is 0 Å². The van der Waals surface area contributed by atoms with E-state index < -0.39 is 0 Å². The molecule has 12 heavy (non-hydrogen) atoms. The van der Waals surface area contributed by atoms with Crippen LogP contribution in [-0.4, -0.2) is 25.0 Å². The van der Waals surface area contributed by atoms with Gasteiger partial charge in [-0.1, -0.05) is 0 Å². The van der Waals surface area contributed by atoms with Gasteiger partial charge in [-0.25, -0.2) is 0 Å². The van der Waals surface area contributed by atoms with Crippen molar-refractivity contribution >= 4 is 5.78 Å². The molecule has 0 aliphatic carbocycles. The molecule has 1 fully saturated rings. The largest absolute Gasteiger partial charge is 0.381 e. The molecule has 0 aromatic heterocycles. The maximum absolute atomic E-state index is 11.2. The quantitative estimate of drug-likeness (QED) is 0.680. The van der Waals surface area contributed by atoms with Crippen molar-refractivity contribution in [3.8, 4) is 0 Å². The minimum absolute atomic E-state index is 0.182. The molecule has 0 amide bonds. The Labute approximate surface area is 73.3 Å². The molecule has 0 aromatic carbocycles. The van der Waals surface area contributed by atoms with Gasteiger partial charge in [0, 0.05) is 19.6 Å². The number of hydrogen-bond donors (Lipinski definition) is 1. The van der Waals surface area contributed by atoms with Crippen LogP contribution in [0.1, 0.15) is 26.2 Å². The summed E-state index contributed by atoms with van der Waals surface area (Å²) in [6.07, 6.45) is 2.66. The van der Waals surface area contributed by atoms with Crippen LogP contribution in [0, 0.1) is 5.92 Å². The third kappa shape index (κ3) is 2.91. The molecule has 1 heterocycles. The van der Waals surface area contributed by atoms with Crippen LogP contribution in [0.25, 0.3) is 0 Å². The Hall–Kier alpha value is -0.410. The highest BCUT2D eigenvalue weighted by molar-refractivity contribution is 5.83. The molecule has 1 atom stereocenters. The predicted octanol–water partition coefficient (Wildman–Crippen LogP) is 0.719. The molecular formula is C9H17NO2. The Morgan fingerprint density at radius 3 is 2.67 bits per heavy atom. The second-order valence-electron chi connectivity index (χ2n) is 3.51. The number of carbonyl (C=O) groups excluding carboxylic acids is 1. The maximum Gasteiger partial charge on any atom is 0.149 e. The van der Waals surface area contributed by atoms with E-state index in [1.165, 1.54) is 0 Å². The van der Waals surface area contributed by atoms with Crippen LogP contribution in [0.4, 0.5) is 0 Å². The normalized spacial score (nSPS) is 22.2. The van der Waals surface area contributed by atoms with Gasteiger partial charge in [-0.15, -0.1) is 0 Å². The van der Waals surface area contributed by atoms with Crippen molar-refractivity contribution in [3.63, 3.8) is 0 Å². The number of ether oxygens (including phenoxy) is 1. The van der Waals surface area contributed by atoms with Crippen molar-refractivity contribution in [2.45, 2.75) is 32.2 Å². The molecule has 0 spiro atoms. The van der Waals surface area contributed by atoms with E-state index in [-0.39, 0.29) is 11.8 Å². The first kappa shape index (κ1) is 9.68. The molecule has 1 rings (SSSR count). The van der Waals surface area contributed by atoms with Gasteiger partial charge in [-0.05, 0) is 25.7 Å². The molecule has 1 unspecified atom stereocenters. The topological polar surface area (TPSA) is 52.3 Å². The Kier molecular flexibility index (Phi) is 3.69. The van der Waals surface area contributed by atoms with Gasteiger partial charge in [0.25, 0.3) is 0 Å². The fourth-order valence-corrected chi connectivity index (χ4v) is 1.42. The van der Waals surface area contributed by atoms with Gasteiger partial charge in [-0.3, -0.25) is 4.79 Å². The first-order valence-electron chi connectivity index (χ1n) is 4.56. The molecule has 0 aromatic rings. The zero-order chi connectivity index (χ0) is 8.97. The molecule has 0 radical (unpaired) electrons. The van der Waals surface area contributed by atoms with Gasteiger partial charge in [0.05, 0.1) is 6.04 Å². The van der Waals surface area contributed by atoms with Crippen LogP contribution >= 0.6 is 0 Å². The summed E-state index contributed by atoms with van der Waals surface area (Å²) >= 11 is 0. The Bertz CT molecular complexity index is 151. The van der Waals surface area contributed by atoms with Crippen molar-refractivity contribution in [2.75, 3.05) is 13.2 Å². The van der Waals surface area contributed by atoms with Crippen molar-refractivity contribution in [2.24, 2.45) is 11.7 Å². The summed E-state index contributed by atoms with van der Waals surface area (Å²) in [6.45, 7) is 3.36. The Morgan fingerprint density at radius 2 is 2.17 bits per heavy atom. The number of carbonyl (C=O) groups is 1. The average Bonchev–Trinajstić information content (AvgIpc) is 2.06. The number of ketones is 1. The van der Waals surface area contributed by atoms with Gasteiger partial charge < -0.3 is 10.5 Å². The predicted molar refractivity (Wildman–Crippen MR) is 46.8 cm³/mol. The van der Waals surface area contributed by atoms with Gasteiger partial charge in [0.1, 0.15) is 5.78 Å². The van der Waals surface area contributed by atoms with E-state index in [1.54, 1.807) is 6.92 Å². The number of hydrogen-bond acceptors (Lipinski definition) is 3. The fraction of sp³-hybridized carbons (Fsp3) is 0.889. The van der Waals surface area contributed by atoms with Crippen molar-refractivity contribution in [1.29, 1.82) is 0 Å². The van der Waals surface area contributed by atoms with Crippen molar-refractivity contribution in [3.05, 3.63) is 0 Å². The average molecular weight is 171 g/mol. The maximum atomic E-state index is 11.2. The lowest BCUT2D eigenvalue weighted by Gasteiger charge is -2.21. The molecule has 1 saturated heterocycles. The number of Topliss-reactive ketones (excluding diaryl/α,β-unsaturated/α-hetero) is 1. The zero-order valence-corrected chi connectivity index (χ0v) is 7.58. The molecule has 2 N–H and O–H groups in total. The van der Waals surface area contributed by atoms with Gasteiger partial charge in [-0.2, -0.15) is 0 Å². The second kappa shape index (κ2) is 4.58. The van der Waals surface area contributed by atoms with E-state index >= 15 is 0 Å². The molecule has 0 bridgehead atoms. The SMILES string of the molecule is CC(N)C(=O)CC1CCOCC1.